The van der Waals surface area contributed by atoms with Gasteiger partial charge in [0.15, 0.2) is 0 Å². The van der Waals surface area contributed by atoms with Gasteiger partial charge in [-0.25, -0.2) is 0 Å². The van der Waals surface area contributed by atoms with E-state index in [2.05, 4.69) is 169 Å². The Hall–Kier alpha value is -5.57. The molecular weight excluding hydrogens is 599 g/mol. The lowest BCUT2D eigenvalue weighted by Crippen LogP contribution is -1.95. The SMILES string of the molecule is C/C=C(\C=C1/CSc2ccccc21)c1ccc2c(c1)c1c3c4ccccc4ccc3c3ccccc3c1n2-c1ccc2ccccc2c1. The first-order valence-corrected chi connectivity index (χ1v) is 17.6. The zero-order chi connectivity index (χ0) is 31.8. The molecule has 10 rings (SSSR count). The highest BCUT2D eigenvalue weighted by atomic mass is 32.2. The highest BCUT2D eigenvalue weighted by Crippen LogP contribution is 2.46. The van der Waals surface area contributed by atoms with Crippen molar-refractivity contribution in [2.45, 2.75) is 11.8 Å². The summed E-state index contributed by atoms with van der Waals surface area (Å²) in [5.74, 6) is 1.00. The average molecular weight is 630 g/mol. The van der Waals surface area contributed by atoms with Crippen LogP contribution >= 0.6 is 11.8 Å². The third-order valence-corrected chi connectivity index (χ3v) is 11.3. The van der Waals surface area contributed by atoms with Crippen molar-refractivity contribution < 1.29 is 0 Å². The molecule has 1 aromatic heterocycles. The maximum Gasteiger partial charge on any atom is 0.0626 e. The highest BCUT2D eigenvalue weighted by Gasteiger charge is 2.22. The first-order chi connectivity index (χ1) is 23.8. The van der Waals surface area contributed by atoms with Crippen LogP contribution in [0.2, 0.25) is 0 Å². The minimum Gasteiger partial charge on any atom is -0.309 e. The molecular formula is C46H31NS. The van der Waals surface area contributed by atoms with Crippen LogP contribution in [0, 0.1) is 0 Å². The number of thioether (sulfide) groups is 1. The molecule has 1 nitrogen and oxygen atoms in total. The fraction of sp³-hybridized carbons (Fsp3) is 0.0435. The summed E-state index contributed by atoms with van der Waals surface area (Å²) >= 11 is 1.93. The van der Waals surface area contributed by atoms with Crippen molar-refractivity contribution in [3.05, 3.63) is 169 Å². The lowest BCUT2D eigenvalue weighted by molar-refractivity contribution is 1.19. The molecule has 0 amide bonds. The van der Waals surface area contributed by atoms with Crippen LogP contribution in [0.25, 0.3) is 81.7 Å². The maximum absolute atomic E-state index is 2.52. The molecule has 0 bridgehead atoms. The Kier molecular flexibility index (Phi) is 6.16. The second-order valence-corrected chi connectivity index (χ2v) is 13.8. The van der Waals surface area contributed by atoms with Crippen molar-refractivity contribution in [3.8, 4) is 5.69 Å². The second kappa shape index (κ2) is 10.7. The van der Waals surface area contributed by atoms with Gasteiger partial charge in [0.25, 0.3) is 0 Å². The normalized spacial score (nSPS) is 14.4. The number of hydrogen-bond acceptors (Lipinski definition) is 1. The lowest BCUT2D eigenvalue weighted by atomic mass is 9.92. The van der Waals surface area contributed by atoms with Gasteiger partial charge in [-0.1, -0.05) is 121 Å². The quantitative estimate of drug-likeness (QED) is 0.176. The van der Waals surface area contributed by atoms with Crippen LogP contribution in [0.1, 0.15) is 18.1 Å². The topological polar surface area (TPSA) is 4.93 Å². The van der Waals surface area contributed by atoms with E-state index in [1.807, 2.05) is 11.8 Å². The Labute approximate surface area is 283 Å². The van der Waals surface area contributed by atoms with Crippen molar-refractivity contribution in [1.29, 1.82) is 0 Å². The third-order valence-electron chi connectivity index (χ3n) is 10.2. The number of nitrogens with zero attached hydrogens (tertiary/aromatic N) is 1. The van der Waals surface area contributed by atoms with Crippen LogP contribution in [0.3, 0.4) is 0 Å². The van der Waals surface area contributed by atoms with Gasteiger partial charge in [0, 0.05) is 37.9 Å². The minimum atomic E-state index is 1.00. The van der Waals surface area contributed by atoms with Crippen LogP contribution in [-0.4, -0.2) is 10.3 Å². The Morgan fingerprint density at radius 3 is 2.19 bits per heavy atom. The smallest absolute Gasteiger partial charge is 0.0626 e. The molecule has 48 heavy (non-hydrogen) atoms. The summed E-state index contributed by atoms with van der Waals surface area (Å²) in [7, 11) is 0. The van der Waals surface area contributed by atoms with Crippen LogP contribution in [0.4, 0.5) is 0 Å². The maximum atomic E-state index is 2.52. The van der Waals surface area contributed by atoms with Crippen LogP contribution in [-0.2, 0) is 0 Å². The average Bonchev–Trinajstić information content (AvgIpc) is 3.72. The van der Waals surface area contributed by atoms with Gasteiger partial charge in [0.05, 0.1) is 11.0 Å². The Morgan fingerprint density at radius 1 is 0.583 bits per heavy atom. The number of aromatic nitrogens is 1. The summed E-state index contributed by atoms with van der Waals surface area (Å²) in [4.78, 5) is 1.37. The number of allylic oxidation sites excluding steroid dienone is 3. The molecule has 0 saturated carbocycles. The predicted molar refractivity (Wildman–Crippen MR) is 210 cm³/mol. The molecule has 0 N–H and O–H groups in total. The predicted octanol–water partition coefficient (Wildman–Crippen LogP) is 13.0. The van der Waals surface area contributed by atoms with Gasteiger partial charge >= 0.3 is 0 Å². The first kappa shape index (κ1) is 27.5. The van der Waals surface area contributed by atoms with E-state index in [-0.39, 0.29) is 0 Å². The van der Waals surface area contributed by atoms with Crippen molar-refractivity contribution in [2.75, 3.05) is 5.75 Å². The molecule has 1 aliphatic heterocycles. The molecule has 0 atom stereocenters. The Morgan fingerprint density at radius 2 is 1.31 bits per heavy atom. The molecule has 2 heterocycles. The lowest BCUT2D eigenvalue weighted by Gasteiger charge is -2.14. The zero-order valence-corrected chi connectivity index (χ0v) is 27.4. The molecule has 2 heteroatoms. The van der Waals surface area contributed by atoms with Crippen molar-refractivity contribution in [2.24, 2.45) is 0 Å². The minimum absolute atomic E-state index is 1.00. The van der Waals surface area contributed by atoms with Crippen LogP contribution in [0.15, 0.2) is 163 Å². The van der Waals surface area contributed by atoms with E-state index >= 15 is 0 Å². The van der Waals surface area contributed by atoms with Gasteiger partial charge in [-0.2, -0.15) is 0 Å². The molecule has 0 radical (unpaired) electrons. The zero-order valence-electron chi connectivity index (χ0n) is 26.6. The number of rotatable bonds is 3. The molecule has 0 aliphatic carbocycles. The van der Waals surface area contributed by atoms with E-state index in [1.54, 1.807) is 0 Å². The standard InChI is InChI=1S/C46H31NS/c1-2-29(25-34-28-48-43-18-10-9-14-36(34)43)33-21-24-42-41(27-33)45-44-37-15-6-5-12-31(37)20-23-39(44)38-16-7-8-17-40(38)46(45)47(42)35-22-19-30-11-3-4-13-32(30)26-35/h2-27H,28H2,1H3/b29-2+,34-25+. The monoisotopic (exact) mass is 629 g/mol. The summed E-state index contributed by atoms with van der Waals surface area (Å²) in [6.45, 7) is 2.17. The third kappa shape index (κ3) is 4.06. The number of fused-ring (bicyclic) bond motifs is 12. The van der Waals surface area contributed by atoms with Crippen molar-refractivity contribution in [3.63, 3.8) is 0 Å². The van der Waals surface area contributed by atoms with Gasteiger partial charge in [0.1, 0.15) is 0 Å². The van der Waals surface area contributed by atoms with Crippen LogP contribution in [0.5, 0.6) is 0 Å². The van der Waals surface area contributed by atoms with Gasteiger partial charge in [-0.05, 0) is 97.9 Å². The first-order valence-electron chi connectivity index (χ1n) is 16.7. The Bertz CT molecular complexity index is 2850. The summed E-state index contributed by atoms with van der Waals surface area (Å²) in [6, 6.07) is 53.9. The number of benzene rings is 8. The van der Waals surface area contributed by atoms with Crippen LogP contribution < -0.4 is 0 Å². The van der Waals surface area contributed by atoms with Crippen molar-refractivity contribution >= 4 is 87.8 Å². The van der Waals surface area contributed by atoms with E-state index < -0.39 is 0 Å². The largest absolute Gasteiger partial charge is 0.309 e. The molecule has 0 saturated heterocycles. The van der Waals surface area contributed by atoms with Gasteiger partial charge in [-0.15, -0.1) is 11.8 Å². The molecule has 1 aliphatic rings. The molecule has 0 unspecified atom stereocenters. The Balaban J connectivity index is 1.35. The summed E-state index contributed by atoms with van der Waals surface area (Å²) in [6.07, 6.45) is 4.68. The van der Waals surface area contributed by atoms with E-state index in [0.29, 0.717) is 0 Å². The molecule has 0 fully saturated rings. The molecule has 226 valence electrons. The summed E-state index contributed by atoms with van der Waals surface area (Å²) < 4.78 is 2.52. The van der Waals surface area contributed by atoms with E-state index in [9.17, 15) is 0 Å². The van der Waals surface area contributed by atoms with Gasteiger partial charge in [0.2, 0.25) is 0 Å². The fourth-order valence-corrected chi connectivity index (χ4v) is 9.06. The number of hydrogen-bond donors (Lipinski definition) is 0. The second-order valence-electron chi connectivity index (χ2n) is 12.8. The van der Waals surface area contributed by atoms with Gasteiger partial charge in [-0.3, -0.25) is 0 Å². The van der Waals surface area contributed by atoms with Crippen molar-refractivity contribution in [1.82, 2.24) is 4.57 Å². The molecule has 0 spiro atoms. The fourth-order valence-electron chi connectivity index (χ4n) is 7.98. The summed E-state index contributed by atoms with van der Waals surface area (Å²) in [5, 5.41) is 12.8. The highest BCUT2D eigenvalue weighted by molar-refractivity contribution is 8.00. The van der Waals surface area contributed by atoms with Gasteiger partial charge < -0.3 is 4.57 Å². The van der Waals surface area contributed by atoms with E-state index in [4.69, 9.17) is 0 Å². The van der Waals surface area contributed by atoms with E-state index in [1.165, 1.54) is 97.8 Å². The molecule has 9 aromatic rings. The summed E-state index contributed by atoms with van der Waals surface area (Å²) in [5.41, 5.74) is 8.92. The van der Waals surface area contributed by atoms with E-state index in [0.717, 1.165) is 5.75 Å². The molecule has 8 aromatic carbocycles.